The quantitative estimate of drug-likeness (QED) is 0.716. The predicted octanol–water partition coefficient (Wildman–Crippen LogP) is 2.31. The van der Waals surface area contributed by atoms with Gasteiger partial charge in [-0.3, -0.25) is 0 Å². The van der Waals surface area contributed by atoms with Gasteiger partial charge in [-0.15, -0.1) is 0 Å². The van der Waals surface area contributed by atoms with Crippen molar-refractivity contribution in [2.24, 2.45) is 0 Å². The molecule has 1 saturated carbocycles. The average molecular weight is 207 g/mol. The van der Waals surface area contributed by atoms with E-state index in [9.17, 15) is 13.6 Å². The molecule has 14 heavy (non-hydrogen) atoms. The van der Waals surface area contributed by atoms with Gasteiger partial charge in [0.1, 0.15) is 5.60 Å². The summed E-state index contributed by atoms with van der Waals surface area (Å²) in [4.78, 5) is 11.1. The van der Waals surface area contributed by atoms with Gasteiger partial charge in [0.2, 0.25) is 0 Å². The van der Waals surface area contributed by atoms with Gasteiger partial charge in [-0.05, 0) is 20.8 Å². The molecule has 1 amide bonds. The zero-order chi connectivity index (χ0) is 11.0. The molecular formula is C9H15F2NO2. The monoisotopic (exact) mass is 207 g/mol. The van der Waals surface area contributed by atoms with Crippen LogP contribution in [0.25, 0.3) is 0 Å². The molecule has 0 saturated heterocycles. The van der Waals surface area contributed by atoms with Crippen molar-refractivity contribution in [2.45, 2.75) is 51.2 Å². The molecule has 3 nitrogen and oxygen atoms in total. The minimum atomic E-state index is -2.61. The first-order chi connectivity index (χ1) is 6.18. The number of amides is 1. The molecular weight excluding hydrogens is 192 g/mol. The van der Waals surface area contributed by atoms with Crippen LogP contribution in [-0.4, -0.2) is 23.7 Å². The summed E-state index contributed by atoms with van der Waals surface area (Å²) in [7, 11) is 0. The van der Waals surface area contributed by atoms with Gasteiger partial charge in [-0.1, -0.05) is 0 Å². The summed E-state index contributed by atoms with van der Waals surface area (Å²) >= 11 is 0. The summed E-state index contributed by atoms with van der Waals surface area (Å²) in [6, 6.07) is -0.445. The second-order valence-electron chi connectivity index (χ2n) is 4.61. The standard InChI is InChI=1S/C9H15F2NO2/c1-8(2,3)14-7(13)12-6-4-9(10,11)5-6/h6H,4-5H2,1-3H3,(H,12,13). The highest BCUT2D eigenvalue weighted by Crippen LogP contribution is 2.37. The van der Waals surface area contributed by atoms with Gasteiger partial charge in [-0.25, -0.2) is 13.6 Å². The van der Waals surface area contributed by atoms with Crippen LogP contribution in [0, 0.1) is 0 Å². The number of carbonyl (C=O) groups excluding carboxylic acids is 1. The molecule has 82 valence electrons. The van der Waals surface area contributed by atoms with Gasteiger partial charge in [0.05, 0.1) is 0 Å². The van der Waals surface area contributed by atoms with Crippen LogP contribution in [0.15, 0.2) is 0 Å². The normalized spacial score (nSPS) is 21.2. The molecule has 0 aliphatic heterocycles. The SMILES string of the molecule is CC(C)(C)OC(=O)NC1CC(F)(F)C1. The highest BCUT2D eigenvalue weighted by Gasteiger charge is 2.46. The van der Waals surface area contributed by atoms with E-state index < -0.39 is 23.7 Å². The minimum Gasteiger partial charge on any atom is -0.444 e. The maximum absolute atomic E-state index is 12.4. The molecule has 0 spiro atoms. The third-order valence-corrected chi connectivity index (χ3v) is 1.81. The summed E-state index contributed by atoms with van der Waals surface area (Å²) in [6.07, 6.45) is -1.20. The molecule has 0 radical (unpaired) electrons. The van der Waals surface area contributed by atoms with E-state index >= 15 is 0 Å². The Morgan fingerprint density at radius 2 is 1.93 bits per heavy atom. The minimum absolute atomic E-state index is 0.285. The first kappa shape index (κ1) is 11.2. The van der Waals surface area contributed by atoms with E-state index in [0.717, 1.165) is 0 Å². The fraction of sp³-hybridized carbons (Fsp3) is 0.889. The number of nitrogens with one attached hydrogen (secondary N) is 1. The second-order valence-corrected chi connectivity index (χ2v) is 4.61. The summed E-state index contributed by atoms with van der Waals surface area (Å²) in [5, 5.41) is 2.39. The molecule has 0 atom stereocenters. The molecule has 1 aliphatic rings. The van der Waals surface area contributed by atoms with Crippen molar-refractivity contribution < 1.29 is 18.3 Å². The van der Waals surface area contributed by atoms with Crippen LogP contribution in [0.2, 0.25) is 0 Å². The maximum atomic E-state index is 12.4. The molecule has 1 aliphatic carbocycles. The van der Waals surface area contributed by atoms with E-state index in [2.05, 4.69) is 5.32 Å². The molecule has 1 fully saturated rings. The van der Waals surface area contributed by atoms with E-state index in [1.807, 2.05) is 0 Å². The number of rotatable bonds is 1. The molecule has 0 heterocycles. The lowest BCUT2D eigenvalue weighted by Crippen LogP contribution is -2.51. The number of ether oxygens (including phenoxy) is 1. The van der Waals surface area contributed by atoms with Crippen LogP contribution < -0.4 is 5.32 Å². The number of halogens is 2. The Kier molecular flexibility index (Phi) is 2.69. The number of alkyl carbamates (subject to hydrolysis) is 1. The molecule has 0 unspecified atom stereocenters. The topological polar surface area (TPSA) is 38.3 Å². The van der Waals surface area contributed by atoms with Crippen molar-refractivity contribution in [2.75, 3.05) is 0 Å². The number of alkyl halides is 2. The van der Waals surface area contributed by atoms with Gasteiger partial charge < -0.3 is 10.1 Å². The Morgan fingerprint density at radius 1 is 1.43 bits per heavy atom. The lowest BCUT2D eigenvalue weighted by atomic mass is 9.88. The number of carbonyl (C=O) groups is 1. The third-order valence-electron chi connectivity index (χ3n) is 1.81. The van der Waals surface area contributed by atoms with Crippen molar-refractivity contribution >= 4 is 6.09 Å². The summed E-state index contributed by atoms with van der Waals surface area (Å²) in [5.41, 5.74) is -0.587. The van der Waals surface area contributed by atoms with Crippen LogP contribution in [0.5, 0.6) is 0 Å². The Balaban J connectivity index is 2.24. The van der Waals surface area contributed by atoms with Crippen LogP contribution >= 0.6 is 0 Å². The van der Waals surface area contributed by atoms with Gasteiger partial charge in [0.25, 0.3) is 5.92 Å². The van der Waals surface area contributed by atoms with Crippen molar-refractivity contribution in [1.82, 2.24) is 5.32 Å². The van der Waals surface area contributed by atoms with Crippen molar-refractivity contribution in [3.63, 3.8) is 0 Å². The van der Waals surface area contributed by atoms with Gasteiger partial charge in [0.15, 0.2) is 0 Å². The highest BCUT2D eigenvalue weighted by molar-refractivity contribution is 5.68. The van der Waals surface area contributed by atoms with Crippen molar-refractivity contribution in [3.05, 3.63) is 0 Å². The Morgan fingerprint density at radius 3 is 2.29 bits per heavy atom. The zero-order valence-corrected chi connectivity index (χ0v) is 8.56. The second kappa shape index (κ2) is 3.37. The highest BCUT2D eigenvalue weighted by atomic mass is 19.3. The zero-order valence-electron chi connectivity index (χ0n) is 8.56. The Bertz CT molecular complexity index is 227. The molecule has 0 aromatic rings. The summed E-state index contributed by atoms with van der Waals surface area (Å²) < 4.78 is 29.7. The Labute approximate surface area is 81.8 Å². The van der Waals surface area contributed by atoms with Crippen LogP contribution in [0.1, 0.15) is 33.6 Å². The van der Waals surface area contributed by atoms with Crippen LogP contribution in [0.3, 0.4) is 0 Å². The third kappa shape index (κ3) is 3.47. The summed E-state index contributed by atoms with van der Waals surface area (Å²) in [5.74, 6) is -2.61. The van der Waals surface area contributed by atoms with Crippen molar-refractivity contribution in [3.8, 4) is 0 Å². The van der Waals surface area contributed by atoms with E-state index in [0.29, 0.717) is 0 Å². The van der Waals surface area contributed by atoms with E-state index in [1.165, 1.54) is 0 Å². The lowest BCUT2D eigenvalue weighted by Gasteiger charge is -2.35. The van der Waals surface area contributed by atoms with E-state index in [1.54, 1.807) is 20.8 Å². The summed E-state index contributed by atoms with van der Waals surface area (Å²) in [6.45, 7) is 5.17. The predicted molar refractivity (Wildman–Crippen MR) is 47.3 cm³/mol. The fourth-order valence-electron chi connectivity index (χ4n) is 1.24. The van der Waals surface area contributed by atoms with Gasteiger partial charge >= 0.3 is 6.09 Å². The maximum Gasteiger partial charge on any atom is 0.407 e. The largest absolute Gasteiger partial charge is 0.444 e. The smallest absolute Gasteiger partial charge is 0.407 e. The molecule has 1 rings (SSSR count). The lowest BCUT2D eigenvalue weighted by molar-refractivity contribution is -0.0923. The first-order valence-corrected chi connectivity index (χ1v) is 4.55. The van der Waals surface area contributed by atoms with Gasteiger partial charge in [0, 0.05) is 18.9 Å². The molecule has 0 aromatic heterocycles. The molecule has 0 aromatic carbocycles. The van der Waals surface area contributed by atoms with E-state index in [-0.39, 0.29) is 12.8 Å². The van der Waals surface area contributed by atoms with E-state index in [4.69, 9.17) is 4.74 Å². The molecule has 5 heteroatoms. The first-order valence-electron chi connectivity index (χ1n) is 4.55. The van der Waals surface area contributed by atoms with Crippen LogP contribution in [-0.2, 0) is 4.74 Å². The fourth-order valence-corrected chi connectivity index (χ4v) is 1.24. The number of hydrogen-bond donors (Lipinski definition) is 1. The molecule has 0 bridgehead atoms. The average Bonchev–Trinajstić information content (AvgIpc) is 1.76. The number of hydrogen-bond acceptors (Lipinski definition) is 2. The Hall–Kier alpha value is -0.870. The van der Waals surface area contributed by atoms with Crippen LogP contribution in [0.4, 0.5) is 13.6 Å². The van der Waals surface area contributed by atoms with Crippen molar-refractivity contribution in [1.29, 1.82) is 0 Å². The van der Waals surface area contributed by atoms with Gasteiger partial charge in [-0.2, -0.15) is 0 Å². The molecule has 1 N–H and O–H groups in total.